The Morgan fingerprint density at radius 3 is 1.44 bits per heavy atom. The third kappa shape index (κ3) is 164. The Kier molecular flexibility index (Phi) is 28.5. The van der Waals surface area contributed by atoms with E-state index in [2.05, 4.69) is 13.8 Å². The fourth-order valence-corrected chi connectivity index (χ4v) is 0. The molecule has 0 saturated carbocycles. The first-order valence-corrected chi connectivity index (χ1v) is 2.82. The van der Waals surface area contributed by atoms with Crippen LogP contribution in [0.1, 0.15) is 33.6 Å². The number of carbonyl (C=O) groups excluding carboxylic acids is 1. The van der Waals surface area contributed by atoms with E-state index in [4.69, 9.17) is 9.90 Å². The molecule has 0 saturated heterocycles. The average molecular weight is 140 g/mol. The predicted molar refractivity (Wildman–Crippen MR) is 31.3 cm³/mol. The first-order chi connectivity index (χ1) is 3.65. The molecule has 0 amide bonds. The van der Waals surface area contributed by atoms with Crippen LogP contribution in [0.3, 0.4) is 0 Å². The Labute approximate surface area is 78.9 Å². The zero-order valence-corrected chi connectivity index (χ0v) is 8.73. The van der Waals surface area contributed by atoms with E-state index in [1.807, 2.05) is 0 Å². The number of hydrogen-bond acceptors (Lipinski definition) is 2. The third-order valence-corrected chi connectivity index (χ3v) is 0.500. The van der Waals surface area contributed by atoms with E-state index in [0.717, 1.165) is 6.92 Å². The van der Waals surface area contributed by atoms with Crippen molar-refractivity contribution >= 4 is 5.97 Å². The Morgan fingerprint density at radius 2 is 1.44 bits per heavy atom. The second-order valence-corrected chi connectivity index (χ2v) is 1.49. The first kappa shape index (κ1) is 16.2. The maximum absolute atomic E-state index is 8.89. The van der Waals surface area contributed by atoms with E-state index in [1.54, 1.807) is 0 Å². The number of carbonyl (C=O) groups is 1. The molecule has 0 aromatic carbocycles. The minimum absolute atomic E-state index is 0. The smallest absolute Gasteiger partial charge is 0.550 e. The Morgan fingerprint density at radius 1 is 1.33 bits per heavy atom. The van der Waals surface area contributed by atoms with Gasteiger partial charge >= 0.3 is 29.6 Å². The summed E-state index contributed by atoms with van der Waals surface area (Å²) in [4.78, 5) is 8.89. The van der Waals surface area contributed by atoms with Crippen LogP contribution in [0.25, 0.3) is 0 Å². The van der Waals surface area contributed by atoms with Gasteiger partial charge in [-0.3, -0.25) is 0 Å². The van der Waals surface area contributed by atoms with Gasteiger partial charge in [0.1, 0.15) is 0 Å². The van der Waals surface area contributed by atoms with Gasteiger partial charge in [-0.2, -0.15) is 0 Å². The third-order valence-electron chi connectivity index (χ3n) is 0.500. The second-order valence-electron chi connectivity index (χ2n) is 1.49. The normalized spacial score (nSPS) is 6.11. The summed E-state index contributed by atoms with van der Waals surface area (Å²) < 4.78 is 0. The molecular weight excluding hydrogens is 127 g/mol. The van der Waals surface area contributed by atoms with Gasteiger partial charge < -0.3 is 9.90 Å². The molecule has 0 aromatic heterocycles. The molecule has 0 heterocycles. The van der Waals surface area contributed by atoms with Crippen LogP contribution in [0.4, 0.5) is 0 Å². The molecule has 0 unspecified atom stereocenters. The maximum Gasteiger partial charge on any atom is 1.00 e. The first-order valence-electron chi connectivity index (χ1n) is 2.82. The van der Waals surface area contributed by atoms with Crippen molar-refractivity contribution in [3.8, 4) is 0 Å². The predicted octanol–water partition coefficient (Wildman–Crippen LogP) is -2.43. The summed E-state index contributed by atoms with van der Waals surface area (Å²) >= 11 is 0. The van der Waals surface area contributed by atoms with Crippen molar-refractivity contribution in [1.29, 1.82) is 0 Å². The van der Waals surface area contributed by atoms with Gasteiger partial charge in [-0.15, -0.1) is 0 Å². The molecule has 0 aliphatic rings. The van der Waals surface area contributed by atoms with Gasteiger partial charge in [-0.05, 0) is 6.92 Å². The van der Waals surface area contributed by atoms with Gasteiger partial charge in [-0.1, -0.05) is 26.7 Å². The van der Waals surface area contributed by atoms with Gasteiger partial charge in [0.2, 0.25) is 0 Å². The molecule has 0 aliphatic heterocycles. The van der Waals surface area contributed by atoms with Gasteiger partial charge in [0.15, 0.2) is 0 Å². The van der Waals surface area contributed by atoms with Crippen LogP contribution in [0.15, 0.2) is 0 Å². The van der Waals surface area contributed by atoms with E-state index < -0.39 is 5.97 Å². The molecule has 50 valence electrons. The summed E-state index contributed by atoms with van der Waals surface area (Å²) in [5, 5.41) is 8.89. The summed E-state index contributed by atoms with van der Waals surface area (Å²) in [6.07, 6.45) is 2.64. The molecule has 2 nitrogen and oxygen atoms in total. The topological polar surface area (TPSA) is 40.1 Å². The fourth-order valence-electron chi connectivity index (χ4n) is 0. The number of rotatable bonds is 1. The van der Waals surface area contributed by atoms with Gasteiger partial charge in [-0.25, -0.2) is 0 Å². The number of carboxylic acid groups (broad SMARTS) is 1. The zero-order valence-electron chi connectivity index (χ0n) is 6.73. The maximum atomic E-state index is 8.89. The fraction of sp³-hybridized carbons (Fsp3) is 0.833. The molecule has 0 aliphatic carbocycles. The van der Waals surface area contributed by atoms with Crippen molar-refractivity contribution in [2.45, 2.75) is 33.6 Å². The van der Waals surface area contributed by atoms with Crippen LogP contribution in [-0.4, -0.2) is 5.97 Å². The largest absolute Gasteiger partial charge is 1.00 e. The van der Waals surface area contributed by atoms with Gasteiger partial charge in [0.25, 0.3) is 0 Å². The molecule has 3 heteroatoms. The standard InChI is InChI=1S/C4H10.C2H4O2.Na/c1-3-4-2;1-2(3)4;/h3-4H2,1-2H3;1H3,(H,3,4);/q;;+1/p-1. The molecule has 0 fully saturated rings. The van der Waals surface area contributed by atoms with Crippen molar-refractivity contribution in [2.24, 2.45) is 0 Å². The molecule has 0 spiro atoms. The molecule has 9 heavy (non-hydrogen) atoms. The Balaban J connectivity index is -0.0000000720. The van der Waals surface area contributed by atoms with Crippen LogP contribution >= 0.6 is 0 Å². The van der Waals surface area contributed by atoms with Crippen molar-refractivity contribution in [2.75, 3.05) is 0 Å². The van der Waals surface area contributed by atoms with Crippen LogP contribution in [0, 0.1) is 0 Å². The Hall–Kier alpha value is 0.470. The number of unbranched alkanes of at least 4 members (excludes halogenated alkanes) is 1. The summed E-state index contributed by atoms with van der Waals surface area (Å²) in [5.41, 5.74) is 0. The van der Waals surface area contributed by atoms with E-state index in [1.165, 1.54) is 12.8 Å². The van der Waals surface area contributed by atoms with Crippen molar-refractivity contribution in [1.82, 2.24) is 0 Å². The van der Waals surface area contributed by atoms with Crippen molar-refractivity contribution in [3.05, 3.63) is 0 Å². The molecule has 0 bridgehead atoms. The molecule has 0 aromatic rings. The minimum atomic E-state index is -1.08. The van der Waals surface area contributed by atoms with E-state index in [0.29, 0.717) is 0 Å². The van der Waals surface area contributed by atoms with E-state index >= 15 is 0 Å². The molecule has 0 rings (SSSR count). The van der Waals surface area contributed by atoms with Gasteiger partial charge in [0.05, 0.1) is 0 Å². The SMILES string of the molecule is CC(=O)[O-].CCCC.[Na+]. The molecule has 0 atom stereocenters. The Bertz CT molecular complexity index is 49.0. The summed E-state index contributed by atoms with van der Waals surface area (Å²) in [6.45, 7) is 5.33. The number of hydrogen-bond donors (Lipinski definition) is 0. The van der Waals surface area contributed by atoms with Crippen LogP contribution < -0.4 is 34.7 Å². The zero-order chi connectivity index (χ0) is 6.99. The molecule has 0 radical (unpaired) electrons. The minimum Gasteiger partial charge on any atom is -0.550 e. The monoisotopic (exact) mass is 140 g/mol. The van der Waals surface area contributed by atoms with E-state index in [9.17, 15) is 0 Å². The molecular formula is C6H13NaO2. The van der Waals surface area contributed by atoms with Crippen molar-refractivity contribution in [3.63, 3.8) is 0 Å². The van der Waals surface area contributed by atoms with Gasteiger partial charge in [0, 0.05) is 5.97 Å². The second kappa shape index (κ2) is 15.8. The molecule has 0 N–H and O–H groups in total. The van der Waals surface area contributed by atoms with Crippen LogP contribution in [-0.2, 0) is 4.79 Å². The quantitative estimate of drug-likeness (QED) is 0.380. The average Bonchev–Trinajstić information content (AvgIpc) is 1.65. The number of aliphatic carboxylic acids is 1. The summed E-state index contributed by atoms with van der Waals surface area (Å²) in [7, 11) is 0. The van der Waals surface area contributed by atoms with Crippen molar-refractivity contribution < 1.29 is 39.5 Å². The summed E-state index contributed by atoms with van der Waals surface area (Å²) in [5.74, 6) is -1.08. The van der Waals surface area contributed by atoms with Crippen LogP contribution in [0.2, 0.25) is 0 Å². The van der Waals surface area contributed by atoms with E-state index in [-0.39, 0.29) is 29.6 Å². The summed E-state index contributed by atoms with van der Waals surface area (Å²) in [6, 6.07) is 0. The van der Waals surface area contributed by atoms with Crippen LogP contribution in [0.5, 0.6) is 0 Å². The number of carboxylic acids is 1.